The Kier molecular flexibility index (Phi) is 1.86. The van der Waals surface area contributed by atoms with Gasteiger partial charge < -0.3 is 9.84 Å². The molecule has 0 saturated heterocycles. The Labute approximate surface area is 92.7 Å². The number of allylic oxidation sites excluding steroid dienone is 3. The number of ether oxygens (including phenoxy) is 1. The molecule has 0 amide bonds. The van der Waals surface area contributed by atoms with Crippen molar-refractivity contribution in [1.82, 2.24) is 0 Å². The molecular formula is C13H10O3. The van der Waals surface area contributed by atoms with Gasteiger partial charge in [0, 0.05) is 6.07 Å². The number of rotatable bonds is 1. The lowest BCUT2D eigenvalue weighted by molar-refractivity contribution is 0.0894. The maximum atomic E-state index is 12.0. The van der Waals surface area contributed by atoms with E-state index in [-0.39, 0.29) is 11.5 Å². The molecule has 0 radical (unpaired) electrons. The van der Waals surface area contributed by atoms with Gasteiger partial charge in [0.25, 0.3) is 0 Å². The maximum absolute atomic E-state index is 12.0. The van der Waals surface area contributed by atoms with E-state index >= 15 is 0 Å². The van der Waals surface area contributed by atoms with Crippen molar-refractivity contribution in [2.24, 2.45) is 0 Å². The maximum Gasteiger partial charge on any atom is 0.211 e. The summed E-state index contributed by atoms with van der Waals surface area (Å²) in [6.45, 7) is 0. The summed E-state index contributed by atoms with van der Waals surface area (Å²) in [5.41, 5.74) is 1.52. The fraction of sp³-hybridized carbons (Fsp3) is 0.154. The van der Waals surface area contributed by atoms with Gasteiger partial charge in [0.05, 0.1) is 5.56 Å². The normalized spacial score (nSPS) is 21.9. The number of carbonyl (C=O) groups is 1. The van der Waals surface area contributed by atoms with Crippen molar-refractivity contribution in [2.45, 2.75) is 12.5 Å². The Hall–Kier alpha value is -2.03. The first-order valence-electron chi connectivity index (χ1n) is 5.15. The molecule has 0 fully saturated rings. The number of Topliss-reactive ketones (excluding diaryl/α,β-unsaturated/α-hetero) is 1. The van der Waals surface area contributed by atoms with E-state index < -0.39 is 6.10 Å². The van der Waals surface area contributed by atoms with Crippen LogP contribution in [0, 0.1) is 0 Å². The van der Waals surface area contributed by atoms with Crippen molar-refractivity contribution in [2.75, 3.05) is 0 Å². The molecule has 2 aliphatic rings. The Balaban J connectivity index is 1.97. The topological polar surface area (TPSA) is 46.5 Å². The summed E-state index contributed by atoms with van der Waals surface area (Å²) >= 11 is 0. The highest BCUT2D eigenvalue weighted by Gasteiger charge is 2.35. The number of aromatic hydroxyl groups is 1. The summed E-state index contributed by atoms with van der Waals surface area (Å²) in [4.78, 5) is 12.0. The van der Waals surface area contributed by atoms with E-state index in [1.54, 1.807) is 6.07 Å². The van der Waals surface area contributed by atoms with Gasteiger partial charge in [0.15, 0.2) is 6.10 Å². The van der Waals surface area contributed by atoms with Gasteiger partial charge in [-0.25, -0.2) is 0 Å². The predicted molar refractivity (Wildman–Crippen MR) is 58.7 cm³/mol. The Morgan fingerprint density at radius 1 is 1.38 bits per heavy atom. The molecule has 0 aromatic heterocycles. The van der Waals surface area contributed by atoms with Crippen molar-refractivity contribution in [3.63, 3.8) is 0 Å². The van der Waals surface area contributed by atoms with Crippen LogP contribution < -0.4 is 4.74 Å². The van der Waals surface area contributed by atoms with E-state index in [9.17, 15) is 9.90 Å². The van der Waals surface area contributed by atoms with E-state index in [0.717, 1.165) is 12.0 Å². The quantitative estimate of drug-likeness (QED) is 0.779. The third-order valence-electron chi connectivity index (χ3n) is 2.85. The molecule has 1 atom stereocenters. The fourth-order valence-corrected chi connectivity index (χ4v) is 2.04. The molecule has 3 rings (SSSR count). The molecule has 80 valence electrons. The third-order valence-corrected chi connectivity index (χ3v) is 2.85. The number of fused-ring (bicyclic) bond motifs is 1. The zero-order chi connectivity index (χ0) is 11.1. The summed E-state index contributed by atoms with van der Waals surface area (Å²) in [6, 6.07) is 4.59. The molecular weight excluding hydrogens is 204 g/mol. The second kappa shape index (κ2) is 3.23. The Morgan fingerprint density at radius 3 is 3.00 bits per heavy atom. The SMILES string of the molecule is O=C1c2ccc(O)cc2OC1C1=CC=CC1. The third kappa shape index (κ3) is 1.25. The number of hydrogen-bond acceptors (Lipinski definition) is 3. The van der Waals surface area contributed by atoms with E-state index in [0.29, 0.717) is 11.3 Å². The fourth-order valence-electron chi connectivity index (χ4n) is 2.04. The molecule has 1 unspecified atom stereocenters. The average Bonchev–Trinajstić information content (AvgIpc) is 2.86. The number of carbonyl (C=O) groups excluding carboxylic acids is 1. The van der Waals surface area contributed by atoms with Gasteiger partial charge in [-0.1, -0.05) is 18.2 Å². The van der Waals surface area contributed by atoms with Crippen LogP contribution in [0.25, 0.3) is 0 Å². The van der Waals surface area contributed by atoms with Crippen molar-refractivity contribution in [3.05, 3.63) is 47.6 Å². The number of hydrogen-bond donors (Lipinski definition) is 1. The second-order valence-corrected chi connectivity index (χ2v) is 3.92. The molecule has 1 N–H and O–H groups in total. The summed E-state index contributed by atoms with van der Waals surface area (Å²) in [6.07, 6.45) is 6.08. The van der Waals surface area contributed by atoms with Crippen molar-refractivity contribution >= 4 is 5.78 Å². The number of phenols is 1. The first kappa shape index (κ1) is 9.21. The lowest BCUT2D eigenvalue weighted by Gasteiger charge is -2.09. The largest absolute Gasteiger partial charge is 0.508 e. The minimum Gasteiger partial charge on any atom is -0.508 e. The molecule has 1 aromatic rings. The summed E-state index contributed by atoms with van der Waals surface area (Å²) < 4.78 is 5.57. The highest BCUT2D eigenvalue weighted by atomic mass is 16.5. The van der Waals surface area contributed by atoms with E-state index in [1.807, 2.05) is 18.2 Å². The lowest BCUT2D eigenvalue weighted by atomic mass is 10.0. The van der Waals surface area contributed by atoms with Gasteiger partial charge in [-0.05, 0) is 24.1 Å². The highest BCUT2D eigenvalue weighted by Crippen LogP contribution is 2.35. The number of phenolic OH excluding ortho intramolecular Hbond substituents is 1. The lowest BCUT2D eigenvalue weighted by Crippen LogP contribution is -2.22. The standard InChI is InChI=1S/C13H10O3/c14-9-5-6-10-11(7-9)16-13(12(10)15)8-3-1-2-4-8/h1-3,5-7,13-14H,4H2. The van der Waals surface area contributed by atoms with Crippen LogP contribution in [0.3, 0.4) is 0 Å². The second-order valence-electron chi connectivity index (χ2n) is 3.92. The first-order chi connectivity index (χ1) is 7.75. The molecule has 0 bridgehead atoms. The Bertz CT molecular complexity index is 526. The van der Waals surface area contributed by atoms with Crippen LogP contribution in [-0.2, 0) is 0 Å². The van der Waals surface area contributed by atoms with Crippen molar-refractivity contribution < 1.29 is 14.6 Å². The highest BCUT2D eigenvalue weighted by molar-refractivity contribution is 6.06. The molecule has 1 heterocycles. The Morgan fingerprint density at radius 2 is 2.25 bits per heavy atom. The summed E-state index contributed by atoms with van der Waals surface area (Å²) in [7, 11) is 0. The average molecular weight is 214 g/mol. The molecule has 16 heavy (non-hydrogen) atoms. The van der Waals surface area contributed by atoms with Gasteiger partial charge in [-0.3, -0.25) is 4.79 Å². The van der Waals surface area contributed by atoms with E-state index in [1.165, 1.54) is 12.1 Å². The van der Waals surface area contributed by atoms with Gasteiger partial charge >= 0.3 is 0 Å². The first-order valence-corrected chi connectivity index (χ1v) is 5.15. The molecule has 3 nitrogen and oxygen atoms in total. The molecule has 1 aliphatic carbocycles. The molecule has 0 spiro atoms. The van der Waals surface area contributed by atoms with Crippen LogP contribution in [-0.4, -0.2) is 17.0 Å². The van der Waals surface area contributed by atoms with Gasteiger partial charge in [-0.15, -0.1) is 0 Å². The molecule has 3 heteroatoms. The van der Waals surface area contributed by atoms with Crippen LogP contribution in [0.5, 0.6) is 11.5 Å². The van der Waals surface area contributed by atoms with Crippen LogP contribution in [0.15, 0.2) is 42.0 Å². The zero-order valence-corrected chi connectivity index (χ0v) is 8.51. The zero-order valence-electron chi connectivity index (χ0n) is 8.51. The van der Waals surface area contributed by atoms with Crippen LogP contribution in [0.1, 0.15) is 16.8 Å². The van der Waals surface area contributed by atoms with Crippen LogP contribution in [0.4, 0.5) is 0 Å². The van der Waals surface area contributed by atoms with Gasteiger partial charge in [0.1, 0.15) is 11.5 Å². The molecule has 0 saturated carbocycles. The van der Waals surface area contributed by atoms with Crippen LogP contribution >= 0.6 is 0 Å². The minimum absolute atomic E-state index is 0.0232. The van der Waals surface area contributed by atoms with Crippen molar-refractivity contribution in [1.29, 1.82) is 0 Å². The predicted octanol–water partition coefficient (Wildman–Crippen LogP) is 2.22. The van der Waals surface area contributed by atoms with E-state index in [4.69, 9.17) is 4.74 Å². The number of ketones is 1. The number of benzene rings is 1. The van der Waals surface area contributed by atoms with E-state index in [2.05, 4.69) is 0 Å². The monoisotopic (exact) mass is 214 g/mol. The minimum atomic E-state index is -0.508. The summed E-state index contributed by atoms with van der Waals surface area (Å²) in [5, 5.41) is 9.32. The molecule has 1 aliphatic heterocycles. The molecule has 1 aromatic carbocycles. The van der Waals surface area contributed by atoms with Crippen LogP contribution in [0.2, 0.25) is 0 Å². The smallest absolute Gasteiger partial charge is 0.211 e. The van der Waals surface area contributed by atoms with Gasteiger partial charge in [-0.2, -0.15) is 0 Å². The summed E-state index contributed by atoms with van der Waals surface area (Å²) in [5.74, 6) is 0.568. The van der Waals surface area contributed by atoms with Crippen molar-refractivity contribution in [3.8, 4) is 11.5 Å². The van der Waals surface area contributed by atoms with Gasteiger partial charge in [0.2, 0.25) is 5.78 Å².